The van der Waals surface area contributed by atoms with Crippen molar-refractivity contribution in [1.82, 2.24) is 15.1 Å². The molecule has 19 atom stereocenters. The van der Waals surface area contributed by atoms with Crippen LogP contribution in [0.1, 0.15) is 121 Å². The lowest BCUT2D eigenvalue weighted by molar-refractivity contribution is -0.318. The zero-order valence-corrected chi connectivity index (χ0v) is 46.3. The molecule has 4 rings (SSSR count). The Morgan fingerprint density at radius 3 is 2.18 bits per heavy atom. The van der Waals surface area contributed by atoms with Crippen molar-refractivity contribution in [2.45, 2.75) is 228 Å². The number of sulfone groups is 1. The van der Waals surface area contributed by atoms with E-state index in [0.29, 0.717) is 18.5 Å². The van der Waals surface area contributed by atoms with Crippen molar-refractivity contribution >= 4 is 21.7 Å². The van der Waals surface area contributed by atoms with Crippen LogP contribution in [0.25, 0.3) is 0 Å². The average Bonchev–Trinajstić information content (AvgIpc) is 3.31. The highest BCUT2D eigenvalue weighted by Gasteiger charge is 2.53. The molecule has 3 aliphatic rings. The Bertz CT molecular complexity index is 2000. The largest absolute Gasteiger partial charge is 0.459 e. The molecule has 20 heteroatoms. The number of hydrogen-bond donors (Lipinski definition) is 6. The first-order valence-electron chi connectivity index (χ1n) is 25.8. The molecule has 0 saturated carbocycles. The summed E-state index contributed by atoms with van der Waals surface area (Å²) in [5, 5.41) is 61.6. The normalized spacial score (nSPS) is 39.8. The number of benzene rings is 1. The summed E-state index contributed by atoms with van der Waals surface area (Å²) < 4.78 is 77.4. The minimum atomic E-state index is -3.48. The van der Waals surface area contributed by atoms with Crippen LogP contribution in [0.2, 0.25) is 0 Å². The van der Waals surface area contributed by atoms with E-state index in [0.717, 1.165) is 0 Å². The summed E-state index contributed by atoms with van der Waals surface area (Å²) in [5.74, 6) is -3.42. The number of esters is 1. The second-order valence-corrected chi connectivity index (χ2v) is 24.8. The third kappa shape index (κ3) is 14.9. The molecule has 3 saturated heterocycles. The monoisotopic (exact) mass is 1050 g/mol. The van der Waals surface area contributed by atoms with Crippen LogP contribution in [0.3, 0.4) is 0 Å². The van der Waals surface area contributed by atoms with E-state index in [2.05, 4.69) is 5.32 Å². The molecule has 1 aromatic carbocycles. The van der Waals surface area contributed by atoms with Crippen molar-refractivity contribution in [1.29, 1.82) is 0 Å². The Balaban J connectivity index is 1.64. The van der Waals surface area contributed by atoms with Crippen molar-refractivity contribution in [2.75, 3.05) is 41.0 Å². The lowest BCUT2D eigenvalue weighted by atomic mass is 9.77. The SMILES string of the molecule is CC[C@H]1OC(=O)[C@H](C)[C@@H](O[C@H]2C[C@@](C)(OC)[C@@H](O)[C@H](C)O2)[C@H](C)[C@@H](O[C@@H]2O[C@H](C)C[C@H](N(C)CCC(=O)N[C@H](CF)Cc3ccc(S(=O)(=O)C(C)C)cc3)[C@H]2O)[C@](C)(O)C[C@@H](C)CN(C)[C@H](C)[C@@H](O)[C@]1(C)O. The number of methoxy groups -OCH3 is 1. The fourth-order valence-electron chi connectivity index (χ4n) is 10.9. The van der Waals surface area contributed by atoms with Crippen molar-refractivity contribution < 1.29 is 76.4 Å². The smallest absolute Gasteiger partial charge is 0.311 e. The number of likely N-dealkylation sites (N-methyl/N-ethyl adjacent to an activating group) is 2. The molecule has 0 aliphatic carbocycles. The zero-order valence-electron chi connectivity index (χ0n) is 45.5. The predicted molar refractivity (Wildman–Crippen MR) is 268 cm³/mol. The van der Waals surface area contributed by atoms with Crippen molar-refractivity contribution in [2.24, 2.45) is 17.8 Å². The molecule has 18 nitrogen and oxygen atoms in total. The Kier molecular flexibility index (Phi) is 22.1. The lowest BCUT2D eigenvalue weighted by Gasteiger charge is -2.49. The van der Waals surface area contributed by atoms with Crippen LogP contribution in [0.5, 0.6) is 0 Å². The van der Waals surface area contributed by atoms with E-state index >= 15 is 0 Å². The van der Waals surface area contributed by atoms with Gasteiger partial charge in [0.2, 0.25) is 5.91 Å². The molecule has 72 heavy (non-hydrogen) atoms. The van der Waals surface area contributed by atoms with Crippen molar-refractivity contribution in [3.63, 3.8) is 0 Å². The van der Waals surface area contributed by atoms with Crippen LogP contribution in [-0.4, -0.2) is 198 Å². The molecule has 0 bridgehead atoms. The topological polar surface area (TPSA) is 243 Å². The van der Waals surface area contributed by atoms with Crippen LogP contribution in [-0.2, 0) is 54.3 Å². The van der Waals surface area contributed by atoms with Gasteiger partial charge in [-0.1, -0.05) is 32.9 Å². The first-order chi connectivity index (χ1) is 33.3. The highest BCUT2D eigenvalue weighted by Crippen LogP contribution is 2.40. The zero-order chi connectivity index (χ0) is 54.4. The van der Waals surface area contributed by atoms with Gasteiger partial charge in [0.1, 0.15) is 36.7 Å². The molecule has 3 heterocycles. The summed E-state index contributed by atoms with van der Waals surface area (Å²) in [7, 11) is 1.55. The fourth-order valence-corrected chi connectivity index (χ4v) is 12.0. The maximum Gasteiger partial charge on any atom is 0.311 e. The summed E-state index contributed by atoms with van der Waals surface area (Å²) >= 11 is 0. The predicted octanol–water partition coefficient (Wildman–Crippen LogP) is 3.54. The Labute approximate surface area is 428 Å². The maximum absolute atomic E-state index is 14.5. The fraction of sp³-hybridized carbons (Fsp3) is 0.846. The van der Waals surface area contributed by atoms with E-state index in [9.17, 15) is 47.9 Å². The van der Waals surface area contributed by atoms with E-state index in [-0.39, 0.29) is 49.5 Å². The Morgan fingerprint density at radius 1 is 0.986 bits per heavy atom. The molecular weight excluding hydrogens is 958 g/mol. The third-order valence-electron chi connectivity index (χ3n) is 15.7. The van der Waals surface area contributed by atoms with Crippen molar-refractivity contribution in [3.05, 3.63) is 29.8 Å². The molecule has 0 spiro atoms. The van der Waals surface area contributed by atoms with Crippen LogP contribution < -0.4 is 5.32 Å². The molecule has 0 unspecified atom stereocenters. The number of nitrogens with one attached hydrogen (secondary N) is 1. The summed E-state index contributed by atoms with van der Waals surface area (Å²) in [6, 6.07) is 4.13. The van der Waals surface area contributed by atoms with E-state index < -0.39 is 142 Å². The number of aliphatic hydroxyl groups excluding tert-OH is 3. The average molecular weight is 1050 g/mol. The summed E-state index contributed by atoms with van der Waals surface area (Å²) in [4.78, 5) is 31.6. The standard InChI is InChI=1S/C52H90FN3O15S/c1-16-40-52(12,63)45(59)34(8)56(14)28-30(4)25-50(10,62)47(32(6)44(33(7)48(61)69-40)70-42-26-51(11,66-15)46(60)35(9)68-42)71-49-43(58)39(23-31(5)67-49)55(13)22-21-41(57)54-37(27-53)24-36-17-19-38(20-18-36)72(64,65)29(2)3/h17-20,29-35,37,39-40,42-47,49,58-60,62-63H,16,21-28H2,1-15H3,(H,54,57)/t30-,31-,32+,33-,34-,35+,37+,39+,40-,42+,43-,44+,45-,46+,47-,49+,50-,51-,52-/m1/s1. The highest BCUT2D eigenvalue weighted by molar-refractivity contribution is 7.92. The second kappa shape index (κ2) is 25.6. The second-order valence-electron chi connectivity index (χ2n) is 22.3. The molecule has 416 valence electrons. The van der Waals surface area contributed by atoms with Gasteiger partial charge in [0.25, 0.3) is 0 Å². The van der Waals surface area contributed by atoms with Gasteiger partial charge in [-0.15, -0.1) is 0 Å². The number of aliphatic hydroxyl groups is 5. The van der Waals surface area contributed by atoms with Gasteiger partial charge in [0, 0.05) is 51.0 Å². The Hall–Kier alpha value is -2.44. The molecule has 3 fully saturated rings. The number of hydrogen-bond acceptors (Lipinski definition) is 17. The molecule has 3 aliphatic heterocycles. The van der Waals surface area contributed by atoms with Crippen LogP contribution >= 0.6 is 0 Å². The number of amides is 1. The van der Waals surface area contributed by atoms with Gasteiger partial charge in [-0.05, 0) is 126 Å². The quantitative estimate of drug-likeness (QED) is 0.130. The number of carbonyl (C=O) groups excluding carboxylic acids is 2. The van der Waals surface area contributed by atoms with Gasteiger partial charge in [-0.25, -0.2) is 12.8 Å². The van der Waals surface area contributed by atoms with E-state index in [4.69, 9.17) is 28.4 Å². The number of rotatable bonds is 16. The van der Waals surface area contributed by atoms with Gasteiger partial charge in [-0.2, -0.15) is 0 Å². The van der Waals surface area contributed by atoms with Gasteiger partial charge < -0.3 is 69.1 Å². The number of halogens is 1. The lowest BCUT2D eigenvalue weighted by Crippen LogP contribution is -2.61. The van der Waals surface area contributed by atoms with Crippen molar-refractivity contribution in [3.8, 4) is 0 Å². The minimum Gasteiger partial charge on any atom is -0.459 e. The minimum absolute atomic E-state index is 0.0404. The van der Waals surface area contributed by atoms with E-state index in [1.807, 2.05) is 23.6 Å². The number of ether oxygens (including phenoxy) is 6. The van der Waals surface area contributed by atoms with Crippen LogP contribution in [0.15, 0.2) is 29.2 Å². The summed E-state index contributed by atoms with van der Waals surface area (Å²) in [6.07, 6.45) is -9.94. The number of carbonyl (C=O) groups is 2. The summed E-state index contributed by atoms with van der Waals surface area (Å²) in [5.41, 5.74) is -4.01. The number of cyclic esters (lactones) is 1. The molecule has 0 radical (unpaired) electrons. The van der Waals surface area contributed by atoms with Gasteiger partial charge in [0.15, 0.2) is 22.4 Å². The third-order valence-corrected chi connectivity index (χ3v) is 17.9. The van der Waals surface area contributed by atoms with Crippen LogP contribution in [0.4, 0.5) is 4.39 Å². The molecule has 6 N–H and O–H groups in total. The van der Waals surface area contributed by atoms with E-state index in [1.54, 1.807) is 88.5 Å². The summed E-state index contributed by atoms with van der Waals surface area (Å²) in [6.45, 7) is 20.0. The first-order valence-corrected chi connectivity index (χ1v) is 27.3. The van der Waals surface area contributed by atoms with E-state index in [1.165, 1.54) is 26.2 Å². The number of alkyl halides is 1. The highest BCUT2D eigenvalue weighted by atomic mass is 32.2. The molecule has 1 aromatic rings. The molecular formula is C52H90FN3O15S. The maximum atomic E-state index is 14.5. The first kappa shape index (κ1) is 62.1. The van der Waals surface area contributed by atoms with Crippen LogP contribution in [0, 0.1) is 17.8 Å². The Morgan fingerprint density at radius 2 is 1.61 bits per heavy atom. The van der Waals surface area contributed by atoms with Gasteiger partial charge >= 0.3 is 5.97 Å². The van der Waals surface area contributed by atoms with Gasteiger partial charge in [-0.3, -0.25) is 9.59 Å². The molecule has 1 amide bonds. The number of nitrogens with zero attached hydrogens (tertiary/aromatic N) is 2. The molecule has 0 aromatic heterocycles. The van der Waals surface area contributed by atoms with Gasteiger partial charge in [0.05, 0.1) is 57.7 Å².